The van der Waals surface area contributed by atoms with E-state index in [9.17, 15) is 9.59 Å². The molecule has 0 fully saturated rings. The Balaban J connectivity index is 2.26. The van der Waals surface area contributed by atoms with E-state index in [2.05, 4.69) is 13.8 Å². The van der Waals surface area contributed by atoms with Gasteiger partial charge in [-0.2, -0.15) is 0 Å². The first-order valence-corrected chi connectivity index (χ1v) is 9.19. The third kappa shape index (κ3) is 3.84. The van der Waals surface area contributed by atoms with Crippen LogP contribution in [0.5, 0.6) is 0 Å². The Hall–Kier alpha value is -1.01. The van der Waals surface area contributed by atoms with Crippen LogP contribution in [-0.2, 0) is 27.1 Å². The molecule has 0 bridgehead atoms. The minimum Gasteiger partial charge on any atom is -0.465 e. The number of hydrogen-bond donors (Lipinski definition) is 0. The van der Waals surface area contributed by atoms with Crippen molar-refractivity contribution in [1.29, 1.82) is 0 Å². The minimum atomic E-state index is -0.276. The molecule has 0 aliphatic heterocycles. The van der Waals surface area contributed by atoms with Crippen molar-refractivity contribution >= 4 is 35.0 Å². The Labute approximate surface area is 139 Å². The normalized spacial score (nSPS) is 16.0. The van der Waals surface area contributed by atoms with Crippen LogP contribution in [0.25, 0.3) is 0 Å². The lowest BCUT2D eigenvalue weighted by atomic mass is 9.75. The second-order valence-electron chi connectivity index (χ2n) is 6.10. The fraction of sp³-hybridized carbons (Fsp3) is 0.625. The fourth-order valence-electron chi connectivity index (χ4n) is 2.65. The molecule has 1 aromatic rings. The minimum absolute atomic E-state index is 0.194. The summed E-state index contributed by atoms with van der Waals surface area (Å²) in [7, 11) is 1.41. The van der Waals surface area contributed by atoms with Crippen LogP contribution < -0.4 is 0 Å². The molecular weight excluding hydrogens is 320 g/mol. The zero-order valence-corrected chi connectivity index (χ0v) is 15.1. The SMILES string of the molecule is CCOC(=O)CSc1sc(C(=O)OC)c2c1CCC(C)(C)C2. The van der Waals surface area contributed by atoms with Crippen LogP contribution >= 0.6 is 23.1 Å². The van der Waals surface area contributed by atoms with Crippen molar-refractivity contribution in [3.63, 3.8) is 0 Å². The van der Waals surface area contributed by atoms with Crippen molar-refractivity contribution in [2.24, 2.45) is 5.41 Å². The zero-order chi connectivity index (χ0) is 16.3. The quantitative estimate of drug-likeness (QED) is 0.603. The van der Waals surface area contributed by atoms with Gasteiger partial charge in [-0.1, -0.05) is 13.8 Å². The van der Waals surface area contributed by atoms with E-state index in [1.165, 1.54) is 35.8 Å². The molecule has 0 radical (unpaired) electrons. The summed E-state index contributed by atoms with van der Waals surface area (Å²) in [5.41, 5.74) is 2.53. The molecule has 0 atom stereocenters. The Morgan fingerprint density at radius 1 is 1.32 bits per heavy atom. The van der Waals surface area contributed by atoms with Crippen LogP contribution in [0, 0.1) is 5.41 Å². The maximum absolute atomic E-state index is 12.0. The number of thioether (sulfide) groups is 1. The molecule has 0 aromatic carbocycles. The van der Waals surface area contributed by atoms with Gasteiger partial charge in [0.1, 0.15) is 4.88 Å². The molecule has 0 N–H and O–H groups in total. The number of ether oxygens (including phenoxy) is 2. The summed E-state index contributed by atoms with van der Waals surface area (Å²) in [5, 5.41) is 0. The maximum atomic E-state index is 12.0. The third-order valence-electron chi connectivity index (χ3n) is 3.78. The lowest BCUT2D eigenvalue weighted by Crippen LogP contribution is -2.23. The van der Waals surface area contributed by atoms with E-state index in [0.29, 0.717) is 11.5 Å². The van der Waals surface area contributed by atoms with Gasteiger partial charge in [0.15, 0.2) is 0 Å². The average molecular weight is 342 g/mol. The van der Waals surface area contributed by atoms with Crippen LogP contribution in [-0.4, -0.2) is 31.4 Å². The summed E-state index contributed by atoms with van der Waals surface area (Å²) >= 11 is 2.92. The van der Waals surface area contributed by atoms with Crippen molar-refractivity contribution in [1.82, 2.24) is 0 Å². The molecule has 6 heteroatoms. The van der Waals surface area contributed by atoms with Crippen molar-refractivity contribution in [3.05, 3.63) is 16.0 Å². The lowest BCUT2D eigenvalue weighted by Gasteiger charge is -2.30. The monoisotopic (exact) mass is 342 g/mol. The van der Waals surface area contributed by atoms with Crippen molar-refractivity contribution < 1.29 is 19.1 Å². The number of rotatable bonds is 5. The lowest BCUT2D eigenvalue weighted by molar-refractivity contribution is -0.139. The summed E-state index contributed by atoms with van der Waals surface area (Å²) in [5.74, 6) is -0.211. The highest BCUT2D eigenvalue weighted by Crippen LogP contribution is 2.45. The molecule has 1 aromatic heterocycles. The van der Waals surface area contributed by atoms with E-state index in [-0.39, 0.29) is 23.1 Å². The Morgan fingerprint density at radius 2 is 2.05 bits per heavy atom. The molecule has 1 aliphatic rings. The molecule has 1 aliphatic carbocycles. The smallest absolute Gasteiger partial charge is 0.348 e. The summed E-state index contributed by atoms with van der Waals surface area (Å²) < 4.78 is 10.9. The molecular formula is C16H22O4S2. The van der Waals surface area contributed by atoms with Crippen LogP contribution in [0.2, 0.25) is 0 Å². The topological polar surface area (TPSA) is 52.6 Å². The average Bonchev–Trinajstić information content (AvgIpc) is 2.81. The zero-order valence-electron chi connectivity index (χ0n) is 13.5. The molecule has 2 rings (SSSR count). The first kappa shape index (κ1) is 17.3. The molecule has 0 amide bonds. The Bertz CT molecular complexity index is 575. The first-order chi connectivity index (χ1) is 10.4. The number of thiophene rings is 1. The second-order valence-corrected chi connectivity index (χ2v) is 8.37. The summed E-state index contributed by atoms with van der Waals surface area (Å²) in [6, 6.07) is 0. The predicted octanol–water partition coefficient (Wildman–Crippen LogP) is 3.70. The van der Waals surface area contributed by atoms with Crippen LogP contribution in [0.15, 0.2) is 4.21 Å². The van der Waals surface area contributed by atoms with Crippen molar-refractivity contribution in [2.75, 3.05) is 19.5 Å². The molecule has 0 unspecified atom stereocenters. The predicted molar refractivity (Wildman–Crippen MR) is 88.8 cm³/mol. The third-order valence-corrected chi connectivity index (χ3v) is 6.33. The molecule has 0 spiro atoms. The standard InChI is InChI=1S/C16H22O4S2/c1-5-20-12(17)9-21-15-10-6-7-16(2,3)8-11(10)13(22-15)14(18)19-4/h5-9H2,1-4H3. The highest BCUT2D eigenvalue weighted by molar-refractivity contribution is 8.01. The Kier molecular flexibility index (Phi) is 5.55. The number of carbonyl (C=O) groups excluding carboxylic acids is 2. The van der Waals surface area contributed by atoms with Gasteiger partial charge in [0, 0.05) is 0 Å². The molecule has 0 saturated heterocycles. The van der Waals surface area contributed by atoms with Gasteiger partial charge in [-0.05, 0) is 42.7 Å². The summed E-state index contributed by atoms with van der Waals surface area (Å²) in [6.07, 6.45) is 2.91. The van der Waals surface area contributed by atoms with Gasteiger partial charge in [-0.25, -0.2) is 4.79 Å². The fourth-order valence-corrected chi connectivity index (χ4v) is 5.06. The molecule has 1 heterocycles. The largest absolute Gasteiger partial charge is 0.465 e. The van der Waals surface area contributed by atoms with E-state index in [0.717, 1.165) is 29.0 Å². The number of esters is 2. The van der Waals surface area contributed by atoms with E-state index < -0.39 is 0 Å². The number of fused-ring (bicyclic) bond motifs is 1. The van der Waals surface area contributed by atoms with E-state index in [4.69, 9.17) is 9.47 Å². The van der Waals surface area contributed by atoms with Crippen LogP contribution in [0.4, 0.5) is 0 Å². The van der Waals surface area contributed by atoms with Gasteiger partial charge < -0.3 is 9.47 Å². The second kappa shape index (κ2) is 7.04. The van der Waals surface area contributed by atoms with Crippen LogP contribution in [0.1, 0.15) is 48.0 Å². The Morgan fingerprint density at radius 3 is 2.68 bits per heavy atom. The van der Waals surface area contributed by atoms with Gasteiger partial charge in [0.2, 0.25) is 0 Å². The van der Waals surface area contributed by atoms with Gasteiger partial charge in [-0.15, -0.1) is 23.1 Å². The molecule has 22 heavy (non-hydrogen) atoms. The van der Waals surface area contributed by atoms with Gasteiger partial charge >= 0.3 is 11.9 Å². The van der Waals surface area contributed by atoms with Gasteiger partial charge in [-0.3, -0.25) is 4.79 Å². The number of carbonyl (C=O) groups is 2. The first-order valence-electron chi connectivity index (χ1n) is 7.39. The van der Waals surface area contributed by atoms with E-state index in [1.54, 1.807) is 6.92 Å². The molecule has 0 saturated carbocycles. The molecule has 122 valence electrons. The maximum Gasteiger partial charge on any atom is 0.348 e. The highest BCUT2D eigenvalue weighted by atomic mass is 32.2. The van der Waals surface area contributed by atoms with Gasteiger partial charge in [0.25, 0.3) is 0 Å². The van der Waals surface area contributed by atoms with Gasteiger partial charge in [0.05, 0.1) is 23.7 Å². The van der Waals surface area contributed by atoms with Crippen LogP contribution in [0.3, 0.4) is 0 Å². The number of hydrogen-bond acceptors (Lipinski definition) is 6. The van der Waals surface area contributed by atoms with Crippen molar-refractivity contribution in [2.45, 2.75) is 44.2 Å². The molecule has 4 nitrogen and oxygen atoms in total. The number of methoxy groups -OCH3 is 1. The van der Waals surface area contributed by atoms with E-state index in [1.807, 2.05) is 0 Å². The highest BCUT2D eigenvalue weighted by Gasteiger charge is 2.33. The van der Waals surface area contributed by atoms with Crippen molar-refractivity contribution in [3.8, 4) is 0 Å². The van der Waals surface area contributed by atoms with E-state index >= 15 is 0 Å². The summed E-state index contributed by atoms with van der Waals surface area (Å²) in [6.45, 7) is 6.64. The summed E-state index contributed by atoms with van der Waals surface area (Å²) in [4.78, 5) is 24.3.